The molecule has 0 radical (unpaired) electrons. The number of carbonyl (C=O) groups is 3. The Bertz CT molecular complexity index is 1160. The van der Waals surface area contributed by atoms with Crippen LogP contribution in [0, 0.1) is 5.92 Å². The molecule has 2 fully saturated rings. The van der Waals surface area contributed by atoms with Gasteiger partial charge in [0.2, 0.25) is 11.8 Å². The molecule has 2 aliphatic heterocycles. The molecule has 2 heterocycles. The summed E-state index contributed by atoms with van der Waals surface area (Å²) in [5.74, 6) is -0.233. The summed E-state index contributed by atoms with van der Waals surface area (Å²) < 4.78 is 5.83. The van der Waals surface area contributed by atoms with Crippen molar-refractivity contribution in [1.82, 2.24) is 15.1 Å². The first kappa shape index (κ1) is 31.4. The summed E-state index contributed by atoms with van der Waals surface area (Å²) in [6.07, 6.45) is 1.91. The highest BCUT2D eigenvalue weighted by molar-refractivity contribution is 6.00. The zero-order valence-corrected chi connectivity index (χ0v) is 24.2. The number of rotatable bonds is 10. The third-order valence-electron chi connectivity index (χ3n) is 7.87. The van der Waals surface area contributed by atoms with Crippen molar-refractivity contribution in [1.29, 1.82) is 0 Å². The standard InChI is InChI=1S/C30H39N3O6.ClH/c1-4-5-16-33-27(35)25(26(34)20(2)3)31-29(38)30(33)14-17-32(18-15-30)19-21-6-10-23(11-7-21)39-24-12-8-22(9-13-24)28(36)37;/h6-13,20,25-26,34H,4-5,14-19H2,1-3H3,(H,31,38)(H,36,37);1H. The number of piperidine rings is 1. The SMILES string of the molecule is CCCCN1C(=O)C(C(O)C(C)C)NC(=O)C12CCN(Cc1ccc(Oc3ccc(C(=O)O)cc3)cc1)CC2.Cl. The Labute approximate surface area is 241 Å². The maximum Gasteiger partial charge on any atom is 0.335 e. The lowest BCUT2D eigenvalue weighted by Gasteiger charge is -2.52. The first-order valence-electron chi connectivity index (χ1n) is 13.8. The second-order valence-corrected chi connectivity index (χ2v) is 10.9. The molecule has 4 rings (SSSR count). The molecule has 2 aliphatic rings. The van der Waals surface area contributed by atoms with Gasteiger partial charge in [0.05, 0.1) is 11.7 Å². The number of unbranched alkanes of at least 4 members (excludes halogenated alkanes) is 1. The zero-order chi connectivity index (χ0) is 28.2. The average molecular weight is 574 g/mol. The van der Waals surface area contributed by atoms with Crippen LogP contribution in [0.2, 0.25) is 0 Å². The van der Waals surface area contributed by atoms with Gasteiger partial charge in [-0.2, -0.15) is 0 Å². The third kappa shape index (κ3) is 6.77. The Morgan fingerprint density at radius 2 is 1.62 bits per heavy atom. The maximum absolute atomic E-state index is 13.5. The number of carboxylic acids is 1. The molecule has 0 aliphatic carbocycles. The molecule has 2 atom stereocenters. The van der Waals surface area contributed by atoms with Crippen LogP contribution in [0.4, 0.5) is 0 Å². The van der Waals surface area contributed by atoms with E-state index in [0.29, 0.717) is 50.5 Å². The van der Waals surface area contributed by atoms with E-state index in [1.165, 1.54) is 12.1 Å². The van der Waals surface area contributed by atoms with Crippen LogP contribution in [-0.2, 0) is 16.1 Å². The smallest absolute Gasteiger partial charge is 0.335 e. The number of carbonyl (C=O) groups excluding carboxylic acids is 2. The van der Waals surface area contributed by atoms with Crippen LogP contribution >= 0.6 is 12.4 Å². The molecule has 0 bridgehead atoms. The molecular formula is C30H40ClN3O6. The number of hydrogen-bond donors (Lipinski definition) is 3. The molecule has 0 saturated carbocycles. The van der Waals surface area contributed by atoms with Gasteiger partial charge in [0.15, 0.2) is 0 Å². The highest BCUT2D eigenvalue weighted by atomic mass is 35.5. The number of hydrogen-bond acceptors (Lipinski definition) is 6. The molecule has 3 N–H and O–H groups in total. The van der Waals surface area contributed by atoms with E-state index in [2.05, 4.69) is 17.1 Å². The van der Waals surface area contributed by atoms with Crippen molar-refractivity contribution in [3.8, 4) is 11.5 Å². The summed E-state index contributed by atoms with van der Waals surface area (Å²) >= 11 is 0. The van der Waals surface area contributed by atoms with E-state index in [9.17, 15) is 19.5 Å². The van der Waals surface area contributed by atoms with Crippen molar-refractivity contribution in [2.75, 3.05) is 19.6 Å². The second kappa shape index (κ2) is 13.5. The van der Waals surface area contributed by atoms with Crippen molar-refractivity contribution in [2.24, 2.45) is 5.92 Å². The van der Waals surface area contributed by atoms with E-state index in [1.807, 2.05) is 38.1 Å². The third-order valence-corrected chi connectivity index (χ3v) is 7.87. The van der Waals surface area contributed by atoms with Gasteiger partial charge in [-0.15, -0.1) is 12.4 Å². The van der Waals surface area contributed by atoms with Crippen LogP contribution in [0.25, 0.3) is 0 Å². The quantitative estimate of drug-likeness (QED) is 0.392. The highest BCUT2D eigenvalue weighted by Gasteiger charge is 2.54. The summed E-state index contributed by atoms with van der Waals surface area (Å²) in [4.78, 5) is 42.0. The van der Waals surface area contributed by atoms with Gasteiger partial charge in [0.25, 0.3) is 0 Å². The molecule has 40 heavy (non-hydrogen) atoms. The Balaban J connectivity index is 0.00000441. The Kier molecular flexibility index (Phi) is 10.6. The van der Waals surface area contributed by atoms with Gasteiger partial charge in [0, 0.05) is 26.2 Å². The van der Waals surface area contributed by atoms with E-state index in [1.54, 1.807) is 17.0 Å². The molecule has 9 nitrogen and oxygen atoms in total. The summed E-state index contributed by atoms with van der Waals surface area (Å²) in [5.41, 5.74) is 0.438. The van der Waals surface area contributed by atoms with Crippen molar-refractivity contribution in [3.05, 3.63) is 59.7 Å². The summed E-state index contributed by atoms with van der Waals surface area (Å²) in [5, 5.41) is 22.5. The molecular weight excluding hydrogens is 534 g/mol. The molecule has 2 saturated heterocycles. The maximum atomic E-state index is 13.5. The molecule has 10 heteroatoms. The van der Waals surface area contributed by atoms with Crippen LogP contribution in [0.5, 0.6) is 11.5 Å². The summed E-state index contributed by atoms with van der Waals surface area (Å²) in [7, 11) is 0. The van der Waals surface area contributed by atoms with E-state index >= 15 is 0 Å². The number of aliphatic hydroxyl groups is 1. The number of benzene rings is 2. The van der Waals surface area contributed by atoms with Gasteiger partial charge in [-0.05, 0) is 67.1 Å². The molecule has 218 valence electrons. The molecule has 1 spiro atoms. The second-order valence-electron chi connectivity index (χ2n) is 10.9. The van der Waals surface area contributed by atoms with Crippen LogP contribution in [0.3, 0.4) is 0 Å². The predicted octanol–water partition coefficient (Wildman–Crippen LogP) is 4.08. The van der Waals surface area contributed by atoms with Gasteiger partial charge >= 0.3 is 5.97 Å². The van der Waals surface area contributed by atoms with Gasteiger partial charge < -0.3 is 25.2 Å². The zero-order valence-electron chi connectivity index (χ0n) is 23.3. The molecule has 2 aromatic rings. The van der Waals surface area contributed by atoms with Crippen molar-refractivity contribution in [3.63, 3.8) is 0 Å². The summed E-state index contributed by atoms with van der Waals surface area (Å²) in [6.45, 7) is 8.34. The normalized spacial score (nSPS) is 19.7. The van der Waals surface area contributed by atoms with E-state index in [0.717, 1.165) is 18.4 Å². The lowest BCUT2D eigenvalue weighted by Crippen LogP contribution is -2.74. The predicted molar refractivity (Wildman–Crippen MR) is 154 cm³/mol. The number of aliphatic hydroxyl groups excluding tert-OH is 1. The molecule has 2 aromatic carbocycles. The Morgan fingerprint density at radius 3 is 2.15 bits per heavy atom. The number of piperazine rings is 1. The number of nitrogens with one attached hydrogen (secondary N) is 1. The van der Waals surface area contributed by atoms with E-state index in [-0.39, 0.29) is 35.7 Å². The molecule has 2 unspecified atom stereocenters. The fraction of sp³-hybridized carbons (Fsp3) is 0.500. The fourth-order valence-electron chi connectivity index (χ4n) is 5.40. The number of amides is 2. The fourth-order valence-corrected chi connectivity index (χ4v) is 5.40. The van der Waals surface area contributed by atoms with Gasteiger partial charge in [-0.1, -0.05) is 39.3 Å². The first-order chi connectivity index (χ1) is 18.6. The van der Waals surface area contributed by atoms with Crippen molar-refractivity contribution < 1.29 is 29.3 Å². The van der Waals surface area contributed by atoms with Gasteiger partial charge in [0.1, 0.15) is 23.1 Å². The minimum Gasteiger partial charge on any atom is -0.478 e. The summed E-state index contributed by atoms with van der Waals surface area (Å²) in [6, 6.07) is 13.1. The molecule has 0 aromatic heterocycles. The van der Waals surface area contributed by atoms with E-state index < -0.39 is 23.7 Å². The van der Waals surface area contributed by atoms with Gasteiger partial charge in [-0.25, -0.2) is 4.79 Å². The minimum absolute atomic E-state index is 0. The lowest BCUT2D eigenvalue weighted by molar-refractivity contribution is -0.165. The lowest BCUT2D eigenvalue weighted by atomic mass is 9.80. The van der Waals surface area contributed by atoms with Crippen LogP contribution in [0.15, 0.2) is 48.5 Å². The Hall–Kier alpha value is -3.14. The van der Waals surface area contributed by atoms with E-state index in [4.69, 9.17) is 9.84 Å². The van der Waals surface area contributed by atoms with Crippen LogP contribution in [-0.4, -0.2) is 75.1 Å². The largest absolute Gasteiger partial charge is 0.478 e. The number of halogens is 1. The molecule has 2 amide bonds. The number of aromatic carboxylic acids is 1. The van der Waals surface area contributed by atoms with Crippen LogP contribution < -0.4 is 10.1 Å². The van der Waals surface area contributed by atoms with Crippen molar-refractivity contribution >= 4 is 30.2 Å². The monoisotopic (exact) mass is 573 g/mol. The average Bonchev–Trinajstić information content (AvgIpc) is 2.93. The number of ether oxygens (including phenoxy) is 1. The minimum atomic E-state index is -0.979. The number of nitrogens with zero attached hydrogens (tertiary/aromatic N) is 2. The topological polar surface area (TPSA) is 119 Å². The van der Waals surface area contributed by atoms with Gasteiger partial charge in [-0.3, -0.25) is 14.5 Å². The Morgan fingerprint density at radius 1 is 1.05 bits per heavy atom. The first-order valence-corrected chi connectivity index (χ1v) is 13.8. The van der Waals surface area contributed by atoms with Crippen molar-refractivity contribution in [2.45, 2.75) is 70.7 Å². The highest BCUT2D eigenvalue weighted by Crippen LogP contribution is 2.35. The number of likely N-dealkylation sites (tertiary alicyclic amines) is 1. The van der Waals surface area contributed by atoms with Crippen LogP contribution in [0.1, 0.15) is 62.4 Å². The number of carboxylic acid groups (broad SMARTS) is 1.